The maximum Gasteiger partial charge on any atom is 0.243 e. The number of thioether (sulfide) groups is 1. The summed E-state index contributed by atoms with van der Waals surface area (Å²) in [6, 6.07) is -2.93. The van der Waals surface area contributed by atoms with Gasteiger partial charge in [-0.3, -0.25) is 19.2 Å². The number of hydrogen-bond donors (Lipinski definition) is 4. The van der Waals surface area contributed by atoms with E-state index in [0.29, 0.717) is 38.0 Å². The minimum absolute atomic E-state index is 0.0383. The first-order valence-electron chi connectivity index (χ1n) is 10.9. The Balaban J connectivity index is 2.90. The summed E-state index contributed by atoms with van der Waals surface area (Å²) in [5.74, 6) is -0.890. The monoisotopic (exact) mass is 457 g/mol. The lowest BCUT2D eigenvalue weighted by Gasteiger charge is -2.29. The van der Waals surface area contributed by atoms with Crippen LogP contribution in [0.4, 0.5) is 0 Å². The number of hydrogen-bond acceptors (Lipinski definition) is 6. The van der Waals surface area contributed by atoms with Gasteiger partial charge in [0.15, 0.2) is 0 Å². The molecule has 1 aliphatic rings. The number of likely N-dealkylation sites (tertiary alicyclic amines) is 1. The van der Waals surface area contributed by atoms with Crippen molar-refractivity contribution >= 4 is 35.4 Å². The van der Waals surface area contributed by atoms with Crippen LogP contribution < -0.4 is 22.1 Å². The van der Waals surface area contributed by atoms with Crippen LogP contribution in [0.3, 0.4) is 0 Å². The molecule has 1 saturated heterocycles. The minimum Gasteiger partial charge on any atom is -0.368 e. The molecule has 178 valence electrons. The highest BCUT2D eigenvalue weighted by molar-refractivity contribution is 7.98. The summed E-state index contributed by atoms with van der Waals surface area (Å²) in [4.78, 5) is 51.8. The van der Waals surface area contributed by atoms with E-state index in [2.05, 4.69) is 10.6 Å². The lowest BCUT2D eigenvalue weighted by atomic mass is 10.0. The third-order valence-electron chi connectivity index (χ3n) is 5.45. The Labute approximate surface area is 189 Å². The molecule has 0 aromatic carbocycles. The summed E-state index contributed by atoms with van der Waals surface area (Å²) in [5, 5.41) is 5.47. The molecule has 1 rings (SSSR count). The molecule has 0 aliphatic carbocycles. The van der Waals surface area contributed by atoms with Crippen molar-refractivity contribution in [2.45, 2.75) is 77.5 Å². The second kappa shape index (κ2) is 12.9. The Morgan fingerprint density at radius 1 is 1.10 bits per heavy atom. The van der Waals surface area contributed by atoms with Crippen LogP contribution in [-0.4, -0.2) is 71.2 Å². The Morgan fingerprint density at radius 2 is 1.74 bits per heavy atom. The summed E-state index contributed by atoms with van der Waals surface area (Å²) < 4.78 is 0. The van der Waals surface area contributed by atoms with E-state index in [9.17, 15) is 19.2 Å². The number of carbonyl (C=O) groups is 4. The Bertz CT molecular complexity index is 643. The van der Waals surface area contributed by atoms with Gasteiger partial charge in [-0.25, -0.2) is 0 Å². The van der Waals surface area contributed by atoms with Crippen LogP contribution in [-0.2, 0) is 19.2 Å². The van der Waals surface area contributed by atoms with Crippen molar-refractivity contribution in [1.29, 1.82) is 0 Å². The summed E-state index contributed by atoms with van der Waals surface area (Å²) in [5.41, 5.74) is 11.4. The van der Waals surface area contributed by atoms with Gasteiger partial charge in [0.25, 0.3) is 0 Å². The smallest absolute Gasteiger partial charge is 0.243 e. The zero-order valence-corrected chi connectivity index (χ0v) is 20.2. The number of carbonyl (C=O) groups excluding carboxylic acids is 4. The molecule has 0 aromatic rings. The highest BCUT2D eigenvalue weighted by atomic mass is 32.2. The molecule has 0 spiro atoms. The topological polar surface area (TPSA) is 148 Å². The first-order chi connectivity index (χ1) is 14.5. The van der Waals surface area contributed by atoms with E-state index in [1.54, 1.807) is 11.8 Å². The standard InChI is InChI=1S/C21H39N5O4S/c1-12(2)11-15(18(23)27)25-19(28)14(8-10-31-5)24-20(29)16-7-6-9-26(16)21(30)17(22)13(3)4/h12-17H,6-11,22H2,1-5H3,(H2,23,27)(H,24,29)(H,25,28)/t14-,15-,16-,17-/m0/s1. The summed E-state index contributed by atoms with van der Waals surface area (Å²) in [7, 11) is 0. The van der Waals surface area contributed by atoms with Gasteiger partial charge in [-0.15, -0.1) is 0 Å². The highest BCUT2D eigenvalue weighted by Crippen LogP contribution is 2.20. The second-order valence-corrected chi connectivity index (χ2v) is 9.88. The van der Waals surface area contributed by atoms with Gasteiger partial charge in [-0.2, -0.15) is 11.8 Å². The molecule has 0 aromatic heterocycles. The van der Waals surface area contributed by atoms with Crippen molar-refractivity contribution in [3.63, 3.8) is 0 Å². The molecule has 1 fully saturated rings. The molecular formula is C21H39N5O4S. The van der Waals surface area contributed by atoms with E-state index >= 15 is 0 Å². The van der Waals surface area contributed by atoms with Crippen LogP contribution in [0.15, 0.2) is 0 Å². The maximum atomic E-state index is 13.0. The van der Waals surface area contributed by atoms with E-state index in [1.807, 2.05) is 34.0 Å². The lowest BCUT2D eigenvalue weighted by molar-refractivity contribution is -0.141. The fourth-order valence-electron chi connectivity index (χ4n) is 3.54. The van der Waals surface area contributed by atoms with Gasteiger partial charge in [0.05, 0.1) is 6.04 Å². The van der Waals surface area contributed by atoms with Gasteiger partial charge < -0.3 is 27.0 Å². The maximum absolute atomic E-state index is 13.0. The third-order valence-corrected chi connectivity index (χ3v) is 6.10. The normalized spacial score (nSPS) is 19.2. The molecule has 6 N–H and O–H groups in total. The van der Waals surface area contributed by atoms with E-state index < -0.39 is 36.0 Å². The third kappa shape index (κ3) is 8.33. The Hall–Kier alpha value is -1.81. The predicted molar refractivity (Wildman–Crippen MR) is 123 cm³/mol. The fourth-order valence-corrected chi connectivity index (χ4v) is 4.01. The number of rotatable bonds is 12. The molecule has 1 heterocycles. The van der Waals surface area contributed by atoms with Crippen molar-refractivity contribution in [2.75, 3.05) is 18.6 Å². The lowest BCUT2D eigenvalue weighted by Crippen LogP contribution is -2.57. The molecule has 31 heavy (non-hydrogen) atoms. The van der Waals surface area contributed by atoms with Crippen LogP contribution in [0, 0.1) is 11.8 Å². The molecule has 0 saturated carbocycles. The molecule has 9 nitrogen and oxygen atoms in total. The average Bonchev–Trinajstić information content (AvgIpc) is 3.18. The number of nitrogens with zero attached hydrogens (tertiary/aromatic N) is 1. The Morgan fingerprint density at radius 3 is 2.26 bits per heavy atom. The second-order valence-electron chi connectivity index (χ2n) is 8.90. The quantitative estimate of drug-likeness (QED) is 0.329. The molecular weight excluding hydrogens is 418 g/mol. The molecule has 4 amide bonds. The first-order valence-corrected chi connectivity index (χ1v) is 12.3. The highest BCUT2D eigenvalue weighted by Gasteiger charge is 2.38. The minimum atomic E-state index is -0.815. The van der Waals surface area contributed by atoms with Gasteiger partial charge in [-0.1, -0.05) is 27.7 Å². The van der Waals surface area contributed by atoms with Gasteiger partial charge in [-0.05, 0) is 49.5 Å². The van der Waals surface area contributed by atoms with E-state index in [0.717, 1.165) is 0 Å². The molecule has 1 aliphatic heterocycles. The zero-order valence-electron chi connectivity index (χ0n) is 19.3. The van der Waals surface area contributed by atoms with Crippen molar-refractivity contribution in [3.8, 4) is 0 Å². The molecule has 10 heteroatoms. The molecule has 0 radical (unpaired) electrons. The van der Waals surface area contributed by atoms with Crippen molar-refractivity contribution in [3.05, 3.63) is 0 Å². The largest absolute Gasteiger partial charge is 0.368 e. The number of amides is 4. The van der Waals surface area contributed by atoms with Crippen LogP contribution in [0.25, 0.3) is 0 Å². The van der Waals surface area contributed by atoms with E-state index in [1.165, 1.54) is 4.90 Å². The fraction of sp³-hybridized carbons (Fsp3) is 0.810. The van der Waals surface area contributed by atoms with Gasteiger partial charge >= 0.3 is 0 Å². The number of primary amides is 1. The first kappa shape index (κ1) is 27.2. The number of nitrogens with one attached hydrogen (secondary N) is 2. The van der Waals surface area contributed by atoms with Gasteiger partial charge in [0.1, 0.15) is 18.1 Å². The van der Waals surface area contributed by atoms with Gasteiger partial charge in [0.2, 0.25) is 23.6 Å². The van der Waals surface area contributed by atoms with Crippen molar-refractivity contribution in [2.24, 2.45) is 23.3 Å². The van der Waals surface area contributed by atoms with E-state index in [-0.39, 0.29) is 23.7 Å². The predicted octanol–water partition coefficient (Wildman–Crippen LogP) is 0.215. The van der Waals surface area contributed by atoms with Crippen molar-refractivity contribution in [1.82, 2.24) is 15.5 Å². The average molecular weight is 458 g/mol. The molecule has 0 bridgehead atoms. The van der Waals surface area contributed by atoms with Crippen LogP contribution in [0.5, 0.6) is 0 Å². The summed E-state index contributed by atoms with van der Waals surface area (Å²) >= 11 is 1.55. The van der Waals surface area contributed by atoms with Gasteiger partial charge in [0, 0.05) is 6.54 Å². The summed E-state index contributed by atoms with van der Waals surface area (Å²) in [6.45, 7) is 8.06. The Kier molecular flexibility index (Phi) is 11.3. The van der Waals surface area contributed by atoms with Crippen LogP contribution in [0.2, 0.25) is 0 Å². The van der Waals surface area contributed by atoms with Crippen molar-refractivity contribution < 1.29 is 19.2 Å². The SMILES string of the molecule is CSCC[C@H](NC(=O)[C@@H]1CCCN1C(=O)[C@@H](N)C(C)C)C(=O)N[C@@H](CC(C)C)C(N)=O. The zero-order chi connectivity index (χ0) is 23.7. The van der Waals surface area contributed by atoms with E-state index in [4.69, 9.17) is 11.5 Å². The molecule has 4 atom stereocenters. The summed E-state index contributed by atoms with van der Waals surface area (Å²) in [6.07, 6.45) is 3.96. The number of nitrogens with two attached hydrogens (primary N) is 2. The van der Waals surface area contributed by atoms with Crippen LogP contribution >= 0.6 is 11.8 Å². The molecule has 0 unspecified atom stereocenters. The van der Waals surface area contributed by atoms with Crippen LogP contribution in [0.1, 0.15) is 53.4 Å².